The number of nitrogens with one attached hydrogen (secondary N) is 1. The highest BCUT2D eigenvalue weighted by Gasteiger charge is 2.53. The van der Waals surface area contributed by atoms with Gasteiger partial charge in [0.05, 0.1) is 29.5 Å². The molecule has 1 saturated heterocycles. The summed E-state index contributed by atoms with van der Waals surface area (Å²) in [5.41, 5.74) is -1.31. The Bertz CT molecular complexity index is 481. The summed E-state index contributed by atoms with van der Waals surface area (Å²) in [6, 6.07) is 0. The predicted octanol–water partition coefficient (Wildman–Crippen LogP) is 2.18. The van der Waals surface area contributed by atoms with Gasteiger partial charge in [0.15, 0.2) is 6.10 Å². The second-order valence-electron chi connectivity index (χ2n) is 8.57. The Balaban J connectivity index is 3.18. The molecule has 1 aliphatic rings. The summed E-state index contributed by atoms with van der Waals surface area (Å²) in [5.74, 6) is -0.602. The van der Waals surface area contributed by atoms with Crippen molar-refractivity contribution in [1.29, 1.82) is 0 Å². The lowest BCUT2D eigenvalue weighted by molar-refractivity contribution is -0.270. The molecule has 1 heterocycles. The minimum atomic E-state index is -0.933. The molecule has 0 aliphatic carbocycles. The van der Waals surface area contributed by atoms with E-state index in [0.29, 0.717) is 0 Å². The van der Waals surface area contributed by atoms with Gasteiger partial charge in [-0.15, -0.1) is 0 Å². The molecule has 154 valence electrons. The summed E-state index contributed by atoms with van der Waals surface area (Å²) >= 11 is 4.47. The Hall–Kier alpha value is -0.340. The first-order valence-electron chi connectivity index (χ1n) is 9.33. The topological polar surface area (TPSA) is 77.0 Å². The maximum absolute atomic E-state index is 12.5. The van der Waals surface area contributed by atoms with E-state index in [4.69, 9.17) is 14.2 Å². The van der Waals surface area contributed by atoms with E-state index in [9.17, 15) is 9.90 Å². The van der Waals surface area contributed by atoms with Crippen LogP contribution in [0.4, 0.5) is 0 Å². The van der Waals surface area contributed by atoms with Crippen molar-refractivity contribution < 1.29 is 24.1 Å². The molecule has 6 nitrogen and oxygen atoms in total. The van der Waals surface area contributed by atoms with Crippen LogP contribution in [0.25, 0.3) is 0 Å². The largest absolute Gasteiger partial charge is 0.390 e. The molecule has 2 unspecified atom stereocenters. The molecule has 7 heteroatoms. The predicted molar refractivity (Wildman–Crippen MR) is 106 cm³/mol. The maximum atomic E-state index is 12.5. The fraction of sp³-hybridized carbons (Fsp3) is 0.947. The minimum absolute atomic E-state index is 0.00525. The molecule has 1 rings (SSSR count). The first kappa shape index (κ1) is 23.7. The minimum Gasteiger partial charge on any atom is -0.390 e. The van der Waals surface area contributed by atoms with Crippen molar-refractivity contribution in [3.05, 3.63) is 0 Å². The molecule has 0 spiro atoms. The Kier molecular flexibility index (Phi) is 8.00. The zero-order valence-electron chi connectivity index (χ0n) is 17.6. The number of aliphatic hydroxyl groups excluding tert-OH is 1. The van der Waals surface area contributed by atoms with Crippen molar-refractivity contribution >= 4 is 18.5 Å². The van der Waals surface area contributed by atoms with Crippen LogP contribution in [0.2, 0.25) is 0 Å². The molecule has 0 aromatic carbocycles. The fourth-order valence-corrected chi connectivity index (χ4v) is 3.48. The van der Waals surface area contributed by atoms with Crippen LogP contribution >= 0.6 is 12.6 Å². The van der Waals surface area contributed by atoms with Gasteiger partial charge in [0.1, 0.15) is 6.10 Å². The van der Waals surface area contributed by atoms with Crippen molar-refractivity contribution in [3.8, 4) is 0 Å². The van der Waals surface area contributed by atoms with Gasteiger partial charge in [0.2, 0.25) is 0 Å². The second kappa shape index (κ2) is 8.78. The summed E-state index contributed by atoms with van der Waals surface area (Å²) < 4.78 is 18.3. The zero-order valence-corrected chi connectivity index (χ0v) is 18.5. The molecule has 1 amide bonds. The number of thiol groups is 1. The van der Waals surface area contributed by atoms with Crippen molar-refractivity contribution in [2.24, 2.45) is 5.92 Å². The third kappa shape index (κ3) is 5.35. The van der Waals surface area contributed by atoms with Gasteiger partial charge in [-0.25, -0.2) is 0 Å². The van der Waals surface area contributed by atoms with Crippen molar-refractivity contribution in [3.63, 3.8) is 0 Å². The van der Waals surface area contributed by atoms with E-state index in [2.05, 4.69) is 17.9 Å². The number of hydrogen-bond donors (Lipinski definition) is 3. The third-order valence-corrected chi connectivity index (χ3v) is 5.74. The summed E-state index contributed by atoms with van der Waals surface area (Å²) in [4.78, 5) is 12.5. The number of amides is 1. The van der Waals surface area contributed by atoms with Crippen molar-refractivity contribution in [1.82, 2.24) is 5.32 Å². The number of likely N-dealkylation sites (N-methyl/N-ethyl adjacent to an activating group) is 1. The lowest BCUT2D eigenvalue weighted by atomic mass is 9.80. The Morgan fingerprint density at radius 1 is 1.23 bits per heavy atom. The van der Waals surface area contributed by atoms with Gasteiger partial charge in [0.25, 0.3) is 5.91 Å². The van der Waals surface area contributed by atoms with Crippen LogP contribution in [0.3, 0.4) is 0 Å². The Labute approximate surface area is 163 Å². The standard InChI is InChI=1S/C19H37NO5S/c1-10(2)24-19(7,8)16-11(3)13(21)14(15(23-16)17(22)20-9)25-18(5,6)12(4)26/h10-16,21,26H,1-9H3,(H,20,22)/t11-,12?,13+,14-,15?,16+/m0/s1. The number of hydrogen-bond acceptors (Lipinski definition) is 6. The van der Waals surface area contributed by atoms with Crippen LogP contribution in [0.5, 0.6) is 0 Å². The maximum Gasteiger partial charge on any atom is 0.251 e. The average molecular weight is 392 g/mol. The van der Waals surface area contributed by atoms with Gasteiger partial charge >= 0.3 is 0 Å². The molecule has 2 N–H and O–H groups in total. The van der Waals surface area contributed by atoms with E-state index < -0.39 is 35.6 Å². The van der Waals surface area contributed by atoms with Crippen molar-refractivity contribution in [2.75, 3.05) is 7.05 Å². The second-order valence-corrected chi connectivity index (χ2v) is 9.35. The van der Waals surface area contributed by atoms with Gasteiger partial charge < -0.3 is 24.6 Å². The summed E-state index contributed by atoms with van der Waals surface area (Å²) in [6.45, 7) is 15.3. The number of aliphatic hydroxyl groups is 1. The lowest BCUT2D eigenvalue weighted by Crippen LogP contribution is -2.65. The lowest BCUT2D eigenvalue weighted by Gasteiger charge is -2.50. The smallest absolute Gasteiger partial charge is 0.251 e. The van der Waals surface area contributed by atoms with Gasteiger partial charge in [-0.3, -0.25) is 4.79 Å². The number of carbonyl (C=O) groups is 1. The summed E-state index contributed by atoms with van der Waals surface area (Å²) in [6.07, 6.45) is -3.07. The summed E-state index contributed by atoms with van der Waals surface area (Å²) in [5, 5.41) is 13.5. The molecule has 6 atom stereocenters. The molecule has 0 saturated carbocycles. The van der Waals surface area contributed by atoms with Gasteiger partial charge in [-0.1, -0.05) is 13.8 Å². The van der Waals surface area contributed by atoms with Crippen LogP contribution in [-0.2, 0) is 19.0 Å². The fourth-order valence-electron chi connectivity index (χ4n) is 3.42. The Morgan fingerprint density at radius 3 is 2.19 bits per heavy atom. The number of ether oxygens (including phenoxy) is 3. The molecule has 0 radical (unpaired) electrons. The van der Waals surface area contributed by atoms with Gasteiger partial charge in [0, 0.05) is 18.2 Å². The normalized spacial score (nSPS) is 31.8. The van der Waals surface area contributed by atoms with Crippen LogP contribution in [0, 0.1) is 5.92 Å². The van der Waals surface area contributed by atoms with E-state index in [1.807, 2.05) is 55.4 Å². The third-order valence-electron chi connectivity index (χ3n) is 5.12. The highest BCUT2D eigenvalue weighted by Crippen LogP contribution is 2.38. The zero-order chi connectivity index (χ0) is 20.4. The van der Waals surface area contributed by atoms with Crippen LogP contribution in [0.15, 0.2) is 0 Å². The first-order chi connectivity index (χ1) is 11.7. The van der Waals surface area contributed by atoms with Crippen LogP contribution in [-0.4, -0.2) is 65.0 Å². The number of carbonyl (C=O) groups excluding carboxylic acids is 1. The number of rotatable bonds is 7. The molecular formula is C19H37NO5S. The van der Waals surface area contributed by atoms with E-state index in [-0.39, 0.29) is 23.2 Å². The Morgan fingerprint density at radius 2 is 1.77 bits per heavy atom. The molecule has 0 bridgehead atoms. The monoisotopic (exact) mass is 391 g/mol. The highest BCUT2D eigenvalue weighted by atomic mass is 32.1. The van der Waals surface area contributed by atoms with Crippen LogP contribution < -0.4 is 5.32 Å². The van der Waals surface area contributed by atoms with Gasteiger partial charge in [-0.05, 0) is 41.5 Å². The van der Waals surface area contributed by atoms with E-state index in [1.165, 1.54) is 0 Å². The van der Waals surface area contributed by atoms with E-state index in [1.54, 1.807) is 7.05 Å². The van der Waals surface area contributed by atoms with Crippen molar-refractivity contribution in [2.45, 2.75) is 102 Å². The van der Waals surface area contributed by atoms with Crippen LogP contribution in [0.1, 0.15) is 55.4 Å². The SMILES string of the molecule is CNC(=O)C1O[C@@H](C(C)(C)OC(C)C)[C@@H](C)[C@@H](O)[C@@H]1OC(C)(C)C(C)S. The molecule has 0 aromatic heterocycles. The molecule has 1 aliphatic heterocycles. The highest BCUT2D eigenvalue weighted by molar-refractivity contribution is 7.81. The van der Waals surface area contributed by atoms with Gasteiger partial charge in [-0.2, -0.15) is 12.6 Å². The van der Waals surface area contributed by atoms with E-state index >= 15 is 0 Å². The first-order valence-corrected chi connectivity index (χ1v) is 9.85. The molecule has 0 aromatic rings. The average Bonchev–Trinajstić information content (AvgIpc) is 2.49. The molecular weight excluding hydrogens is 354 g/mol. The summed E-state index contributed by atoms with van der Waals surface area (Å²) in [7, 11) is 1.55. The van der Waals surface area contributed by atoms with E-state index in [0.717, 1.165) is 0 Å². The molecule has 1 fully saturated rings. The molecule has 26 heavy (non-hydrogen) atoms. The quantitative estimate of drug-likeness (QED) is 0.580.